The van der Waals surface area contributed by atoms with Crippen LogP contribution in [-0.2, 0) is 4.79 Å². The number of piperidine rings is 1. The van der Waals surface area contributed by atoms with E-state index in [-0.39, 0.29) is 17.5 Å². The van der Waals surface area contributed by atoms with Crippen LogP contribution in [0, 0.1) is 0 Å². The van der Waals surface area contributed by atoms with Crippen LogP contribution >= 0.6 is 0 Å². The monoisotopic (exact) mass is 281 g/mol. The van der Waals surface area contributed by atoms with E-state index in [9.17, 15) is 4.79 Å². The van der Waals surface area contributed by atoms with Gasteiger partial charge in [0.1, 0.15) is 0 Å². The first-order chi connectivity index (χ1) is 9.32. The summed E-state index contributed by atoms with van der Waals surface area (Å²) in [5, 5.41) is 6.83. The molecule has 4 heteroatoms. The predicted molar refractivity (Wildman–Crippen MR) is 82.7 cm³/mol. The third-order valence-electron chi connectivity index (χ3n) is 5.36. The number of carbonyl (C=O) groups excluding carboxylic acids is 1. The Labute approximate surface area is 123 Å². The van der Waals surface area contributed by atoms with Gasteiger partial charge in [-0.15, -0.1) is 0 Å². The lowest BCUT2D eigenvalue weighted by Gasteiger charge is -2.39. The van der Waals surface area contributed by atoms with Gasteiger partial charge in [0.05, 0.1) is 6.04 Å². The molecule has 0 aliphatic carbocycles. The maximum absolute atomic E-state index is 12.4. The van der Waals surface area contributed by atoms with E-state index in [1.807, 2.05) is 6.92 Å². The number of nitrogens with zero attached hydrogens (tertiary/aromatic N) is 1. The van der Waals surface area contributed by atoms with Crippen molar-refractivity contribution < 1.29 is 4.79 Å². The van der Waals surface area contributed by atoms with Crippen LogP contribution < -0.4 is 10.6 Å². The second-order valence-electron chi connectivity index (χ2n) is 7.33. The van der Waals surface area contributed by atoms with E-state index in [2.05, 4.69) is 43.4 Å². The number of nitrogens with one attached hydrogen (secondary N) is 2. The minimum Gasteiger partial charge on any atom is -0.350 e. The Balaban J connectivity index is 1.91. The Bertz CT molecular complexity index is 344. The van der Waals surface area contributed by atoms with Gasteiger partial charge in [-0.3, -0.25) is 9.69 Å². The number of carbonyl (C=O) groups is 1. The summed E-state index contributed by atoms with van der Waals surface area (Å²) in [4.78, 5) is 14.7. The van der Waals surface area contributed by atoms with Gasteiger partial charge in [-0.2, -0.15) is 0 Å². The van der Waals surface area contributed by atoms with E-state index in [4.69, 9.17) is 0 Å². The first kappa shape index (κ1) is 15.8. The second-order valence-corrected chi connectivity index (χ2v) is 7.33. The lowest BCUT2D eigenvalue weighted by atomic mass is 9.96. The van der Waals surface area contributed by atoms with E-state index in [1.165, 1.54) is 25.7 Å². The summed E-state index contributed by atoms with van der Waals surface area (Å²) in [5.41, 5.74) is -0.112. The van der Waals surface area contributed by atoms with Crippen molar-refractivity contribution >= 4 is 5.91 Å². The Morgan fingerprint density at radius 1 is 1.35 bits per heavy atom. The van der Waals surface area contributed by atoms with Gasteiger partial charge in [-0.1, -0.05) is 6.92 Å². The van der Waals surface area contributed by atoms with Crippen molar-refractivity contribution in [1.29, 1.82) is 0 Å². The van der Waals surface area contributed by atoms with Crippen molar-refractivity contribution in [2.24, 2.45) is 0 Å². The SMILES string of the molecule is CCC(C)(C)NC(=O)C(C)N(C)C1CC2CCC(C1)N2. The molecule has 3 atom stereocenters. The van der Waals surface area contributed by atoms with Crippen molar-refractivity contribution in [3.8, 4) is 0 Å². The van der Waals surface area contributed by atoms with Crippen LogP contribution in [0.2, 0.25) is 0 Å². The molecule has 0 aromatic heterocycles. The molecule has 1 amide bonds. The molecule has 2 fully saturated rings. The Hall–Kier alpha value is -0.610. The maximum atomic E-state index is 12.4. The minimum absolute atomic E-state index is 0.0525. The third kappa shape index (κ3) is 3.53. The lowest BCUT2D eigenvalue weighted by Crippen LogP contribution is -2.55. The number of fused-ring (bicyclic) bond motifs is 2. The molecule has 0 aromatic rings. The summed E-state index contributed by atoms with van der Waals surface area (Å²) in [6, 6.07) is 1.83. The first-order valence-electron chi connectivity index (χ1n) is 8.12. The summed E-state index contributed by atoms with van der Waals surface area (Å²) < 4.78 is 0. The molecular weight excluding hydrogens is 250 g/mol. The quantitative estimate of drug-likeness (QED) is 0.809. The fraction of sp³-hybridized carbons (Fsp3) is 0.938. The van der Waals surface area contributed by atoms with Gasteiger partial charge in [0, 0.05) is 23.7 Å². The van der Waals surface area contributed by atoms with Crippen LogP contribution in [0.5, 0.6) is 0 Å². The Morgan fingerprint density at radius 3 is 2.40 bits per heavy atom. The summed E-state index contributed by atoms with van der Waals surface area (Å²) >= 11 is 0. The Kier molecular flexibility index (Phi) is 4.75. The molecular formula is C16H31N3O. The molecule has 116 valence electrons. The Morgan fingerprint density at radius 2 is 1.90 bits per heavy atom. The van der Waals surface area contributed by atoms with Crippen molar-refractivity contribution in [2.45, 2.75) is 89.5 Å². The number of hydrogen-bond acceptors (Lipinski definition) is 3. The molecule has 0 saturated carbocycles. The molecule has 2 bridgehead atoms. The lowest BCUT2D eigenvalue weighted by molar-refractivity contribution is -0.128. The topological polar surface area (TPSA) is 44.4 Å². The van der Waals surface area contributed by atoms with E-state index >= 15 is 0 Å². The van der Waals surface area contributed by atoms with Crippen LogP contribution in [0.3, 0.4) is 0 Å². The number of amides is 1. The average Bonchev–Trinajstić information content (AvgIpc) is 2.75. The van der Waals surface area contributed by atoms with E-state index in [0.29, 0.717) is 18.1 Å². The molecule has 4 nitrogen and oxygen atoms in total. The fourth-order valence-electron chi connectivity index (χ4n) is 3.39. The van der Waals surface area contributed by atoms with Gasteiger partial charge in [0.25, 0.3) is 0 Å². The molecule has 0 radical (unpaired) electrons. The molecule has 2 rings (SSSR count). The van der Waals surface area contributed by atoms with Crippen molar-refractivity contribution in [1.82, 2.24) is 15.5 Å². The number of rotatable bonds is 5. The highest BCUT2D eigenvalue weighted by molar-refractivity contribution is 5.82. The van der Waals surface area contributed by atoms with Gasteiger partial charge in [0.2, 0.25) is 5.91 Å². The standard InChI is InChI=1S/C16H31N3O/c1-6-16(3,4)18-15(20)11(2)19(5)14-9-12-7-8-13(10-14)17-12/h11-14,17H,6-10H2,1-5H3,(H,18,20). The van der Waals surface area contributed by atoms with Crippen LogP contribution in [0.25, 0.3) is 0 Å². The van der Waals surface area contributed by atoms with Crippen LogP contribution in [0.1, 0.15) is 59.8 Å². The molecule has 3 unspecified atom stereocenters. The molecule has 20 heavy (non-hydrogen) atoms. The molecule has 2 heterocycles. The van der Waals surface area contributed by atoms with Crippen molar-refractivity contribution in [3.63, 3.8) is 0 Å². The summed E-state index contributed by atoms with van der Waals surface area (Å²) in [6.07, 6.45) is 5.92. The largest absolute Gasteiger partial charge is 0.350 e. The van der Waals surface area contributed by atoms with Crippen LogP contribution in [0.15, 0.2) is 0 Å². The molecule has 2 N–H and O–H groups in total. The van der Waals surface area contributed by atoms with E-state index in [0.717, 1.165) is 6.42 Å². The summed E-state index contributed by atoms with van der Waals surface area (Å²) in [7, 11) is 2.11. The highest BCUT2D eigenvalue weighted by Gasteiger charge is 2.37. The zero-order valence-electron chi connectivity index (χ0n) is 13.7. The van der Waals surface area contributed by atoms with E-state index in [1.54, 1.807) is 0 Å². The highest BCUT2D eigenvalue weighted by atomic mass is 16.2. The smallest absolute Gasteiger partial charge is 0.237 e. The second kappa shape index (κ2) is 6.02. The highest BCUT2D eigenvalue weighted by Crippen LogP contribution is 2.30. The van der Waals surface area contributed by atoms with Gasteiger partial charge < -0.3 is 10.6 Å². The van der Waals surface area contributed by atoms with Crippen molar-refractivity contribution in [2.75, 3.05) is 7.05 Å². The van der Waals surface area contributed by atoms with Gasteiger partial charge in [-0.05, 0) is 59.9 Å². The number of likely N-dealkylation sites (N-methyl/N-ethyl adjacent to an activating group) is 1. The zero-order valence-corrected chi connectivity index (χ0v) is 13.7. The van der Waals surface area contributed by atoms with Crippen LogP contribution in [-0.4, -0.2) is 47.6 Å². The van der Waals surface area contributed by atoms with Gasteiger partial charge in [-0.25, -0.2) is 0 Å². The molecule has 2 aliphatic heterocycles. The predicted octanol–water partition coefficient (Wildman–Crippen LogP) is 1.89. The molecule has 2 aliphatic rings. The van der Waals surface area contributed by atoms with Crippen LogP contribution in [0.4, 0.5) is 0 Å². The molecule has 0 aromatic carbocycles. The zero-order chi connectivity index (χ0) is 14.9. The molecule has 2 saturated heterocycles. The maximum Gasteiger partial charge on any atom is 0.237 e. The first-order valence-corrected chi connectivity index (χ1v) is 8.12. The average molecular weight is 281 g/mol. The molecule has 0 spiro atoms. The van der Waals surface area contributed by atoms with Crippen molar-refractivity contribution in [3.05, 3.63) is 0 Å². The fourth-order valence-corrected chi connectivity index (χ4v) is 3.39. The minimum atomic E-state index is -0.112. The number of hydrogen-bond donors (Lipinski definition) is 2. The van der Waals surface area contributed by atoms with Gasteiger partial charge in [0.15, 0.2) is 0 Å². The van der Waals surface area contributed by atoms with Gasteiger partial charge >= 0.3 is 0 Å². The summed E-state index contributed by atoms with van der Waals surface area (Å²) in [6.45, 7) is 8.31. The third-order valence-corrected chi connectivity index (χ3v) is 5.36. The summed E-state index contributed by atoms with van der Waals surface area (Å²) in [5.74, 6) is 0.158. The van der Waals surface area contributed by atoms with E-state index < -0.39 is 0 Å². The normalized spacial score (nSPS) is 31.4.